The van der Waals surface area contributed by atoms with Gasteiger partial charge in [-0.3, -0.25) is 4.79 Å². The van der Waals surface area contributed by atoms with Crippen molar-refractivity contribution in [2.75, 3.05) is 10.6 Å². The third kappa shape index (κ3) is 4.64. The summed E-state index contributed by atoms with van der Waals surface area (Å²) in [6.07, 6.45) is -6.90. The second kappa shape index (κ2) is 7.50. The molecule has 11 heteroatoms. The van der Waals surface area contributed by atoms with Crippen LogP contribution in [0.15, 0.2) is 5.83 Å². The largest absolute Gasteiger partial charge is 0.408 e. The minimum absolute atomic E-state index is 0.0861. The number of nitrogens with zero attached hydrogens (tertiary/aromatic N) is 3. The number of alkyl halides is 4. The number of anilines is 2. The SMILES string of the molecule is CC(C)Nc1nc(N[C@H](C)C(F)(F)F)nc(C2=C(F)C(=O)C(F)CC2)n1. The Morgan fingerprint density at radius 2 is 1.65 bits per heavy atom. The van der Waals surface area contributed by atoms with Crippen molar-refractivity contribution in [1.29, 1.82) is 0 Å². The molecule has 6 nitrogen and oxygen atoms in total. The van der Waals surface area contributed by atoms with Crippen LogP contribution < -0.4 is 10.6 Å². The average Bonchev–Trinajstić information content (AvgIpc) is 2.51. The molecule has 0 saturated carbocycles. The molecular formula is C15H18F5N5O. The van der Waals surface area contributed by atoms with E-state index >= 15 is 0 Å². The van der Waals surface area contributed by atoms with Crippen LogP contribution in [-0.2, 0) is 4.79 Å². The van der Waals surface area contributed by atoms with Gasteiger partial charge in [0, 0.05) is 11.6 Å². The van der Waals surface area contributed by atoms with Gasteiger partial charge in [-0.15, -0.1) is 0 Å². The molecule has 144 valence electrons. The first-order valence-corrected chi connectivity index (χ1v) is 7.92. The van der Waals surface area contributed by atoms with Crippen LogP contribution >= 0.6 is 0 Å². The first-order valence-electron chi connectivity index (χ1n) is 7.92. The van der Waals surface area contributed by atoms with Gasteiger partial charge in [0.15, 0.2) is 17.8 Å². The molecule has 1 aromatic rings. The molecular weight excluding hydrogens is 361 g/mol. The van der Waals surface area contributed by atoms with Gasteiger partial charge < -0.3 is 10.6 Å². The molecule has 1 unspecified atom stereocenters. The highest BCUT2D eigenvalue weighted by Crippen LogP contribution is 2.32. The van der Waals surface area contributed by atoms with Crippen LogP contribution in [0.25, 0.3) is 5.57 Å². The van der Waals surface area contributed by atoms with Crippen LogP contribution in [0.4, 0.5) is 33.8 Å². The van der Waals surface area contributed by atoms with E-state index < -0.39 is 35.9 Å². The average molecular weight is 379 g/mol. The standard InChI is InChI=1S/C15H18F5N5O/c1-6(2)21-13-23-12(8-4-5-9(16)11(26)10(8)17)24-14(25-13)22-7(3)15(18,19)20/h6-7,9H,4-5H2,1-3H3,(H2,21,22,23,24,25)/t7-,9?/m1/s1. The molecule has 1 aliphatic rings. The normalized spacial score (nSPS) is 19.7. The second-order valence-electron chi connectivity index (χ2n) is 6.18. The highest BCUT2D eigenvalue weighted by Gasteiger charge is 2.37. The topological polar surface area (TPSA) is 79.8 Å². The third-order valence-corrected chi connectivity index (χ3v) is 3.57. The van der Waals surface area contributed by atoms with Gasteiger partial charge in [0.2, 0.25) is 17.7 Å². The molecule has 2 atom stereocenters. The lowest BCUT2D eigenvalue weighted by Gasteiger charge is -2.20. The number of hydrogen-bond donors (Lipinski definition) is 2. The van der Waals surface area contributed by atoms with Crippen LogP contribution in [0.2, 0.25) is 0 Å². The fourth-order valence-electron chi connectivity index (χ4n) is 2.18. The van der Waals surface area contributed by atoms with Crippen LogP contribution in [0.3, 0.4) is 0 Å². The number of nitrogens with one attached hydrogen (secondary N) is 2. The van der Waals surface area contributed by atoms with Gasteiger partial charge in [0.25, 0.3) is 0 Å². The fraction of sp³-hybridized carbons (Fsp3) is 0.600. The maximum Gasteiger partial charge on any atom is 0.408 e. The van der Waals surface area contributed by atoms with E-state index in [-0.39, 0.29) is 36.2 Å². The van der Waals surface area contributed by atoms with Crippen molar-refractivity contribution < 1.29 is 26.7 Å². The summed E-state index contributed by atoms with van der Waals surface area (Å²) in [5, 5.41) is 4.86. The minimum atomic E-state index is -4.55. The molecule has 0 radical (unpaired) electrons. The molecule has 1 heterocycles. The number of carbonyl (C=O) groups excluding carboxylic acids is 1. The molecule has 0 bridgehead atoms. The summed E-state index contributed by atoms with van der Waals surface area (Å²) in [7, 11) is 0. The van der Waals surface area contributed by atoms with Crippen LogP contribution in [0, 0.1) is 0 Å². The number of aromatic nitrogens is 3. The summed E-state index contributed by atoms with van der Waals surface area (Å²) in [5.41, 5.74) is -0.249. The molecule has 1 aliphatic carbocycles. The zero-order valence-electron chi connectivity index (χ0n) is 14.3. The predicted molar refractivity (Wildman–Crippen MR) is 84.9 cm³/mol. The van der Waals surface area contributed by atoms with Crippen molar-refractivity contribution in [3.63, 3.8) is 0 Å². The van der Waals surface area contributed by atoms with Crippen LogP contribution in [0.1, 0.15) is 39.4 Å². The van der Waals surface area contributed by atoms with E-state index in [1.54, 1.807) is 13.8 Å². The van der Waals surface area contributed by atoms with E-state index in [0.717, 1.165) is 6.92 Å². The van der Waals surface area contributed by atoms with E-state index in [4.69, 9.17) is 0 Å². The molecule has 1 aromatic heterocycles. The second-order valence-corrected chi connectivity index (χ2v) is 6.18. The van der Waals surface area contributed by atoms with Gasteiger partial charge in [-0.2, -0.15) is 28.1 Å². The molecule has 2 N–H and O–H groups in total. The van der Waals surface area contributed by atoms with Crippen molar-refractivity contribution >= 4 is 23.3 Å². The zero-order chi connectivity index (χ0) is 19.6. The van der Waals surface area contributed by atoms with Crippen molar-refractivity contribution in [2.45, 2.75) is 58.0 Å². The van der Waals surface area contributed by atoms with E-state index in [1.807, 2.05) is 0 Å². The van der Waals surface area contributed by atoms with Gasteiger partial charge >= 0.3 is 6.18 Å². The van der Waals surface area contributed by atoms with Gasteiger partial charge in [-0.05, 0) is 33.6 Å². The Labute approximate surface area is 146 Å². The Morgan fingerprint density at radius 3 is 2.19 bits per heavy atom. The summed E-state index contributed by atoms with van der Waals surface area (Å²) < 4.78 is 65.7. The van der Waals surface area contributed by atoms with Crippen molar-refractivity contribution in [1.82, 2.24) is 15.0 Å². The maximum absolute atomic E-state index is 14.1. The van der Waals surface area contributed by atoms with Crippen molar-refractivity contribution in [2.24, 2.45) is 0 Å². The Hall–Kier alpha value is -2.33. The van der Waals surface area contributed by atoms with E-state index in [1.165, 1.54) is 0 Å². The van der Waals surface area contributed by atoms with Gasteiger partial charge in [-0.25, -0.2) is 8.78 Å². The fourth-order valence-corrected chi connectivity index (χ4v) is 2.18. The molecule has 0 amide bonds. The molecule has 0 saturated heterocycles. The number of carbonyl (C=O) groups is 1. The summed E-state index contributed by atoms with van der Waals surface area (Å²) in [6, 6.07) is -2.13. The van der Waals surface area contributed by atoms with E-state index in [0.29, 0.717) is 0 Å². The molecule has 0 aromatic carbocycles. The lowest BCUT2D eigenvalue weighted by molar-refractivity contribution is -0.138. The quantitative estimate of drug-likeness (QED) is 0.763. The Kier molecular flexibility index (Phi) is 5.77. The highest BCUT2D eigenvalue weighted by atomic mass is 19.4. The molecule has 0 spiro atoms. The molecule has 0 fully saturated rings. The number of rotatable bonds is 5. The van der Waals surface area contributed by atoms with Crippen molar-refractivity contribution in [3.8, 4) is 0 Å². The van der Waals surface area contributed by atoms with Gasteiger partial charge in [0.1, 0.15) is 6.04 Å². The first-order chi connectivity index (χ1) is 12.0. The lowest BCUT2D eigenvalue weighted by atomic mass is 9.95. The van der Waals surface area contributed by atoms with E-state index in [9.17, 15) is 26.7 Å². The minimum Gasteiger partial charge on any atom is -0.352 e. The Morgan fingerprint density at radius 1 is 1.08 bits per heavy atom. The maximum atomic E-state index is 14.1. The molecule has 2 rings (SSSR count). The number of Topliss-reactive ketones (excluding diaryl/α,β-unsaturated/α-hetero) is 1. The van der Waals surface area contributed by atoms with Gasteiger partial charge in [0.05, 0.1) is 0 Å². The number of halogens is 5. The molecule has 26 heavy (non-hydrogen) atoms. The smallest absolute Gasteiger partial charge is 0.352 e. The summed E-state index contributed by atoms with van der Waals surface area (Å²) >= 11 is 0. The highest BCUT2D eigenvalue weighted by molar-refractivity contribution is 6.04. The van der Waals surface area contributed by atoms with Gasteiger partial charge in [-0.1, -0.05) is 0 Å². The monoisotopic (exact) mass is 379 g/mol. The predicted octanol–water partition coefficient (Wildman–Crippen LogP) is 3.44. The first kappa shape index (κ1) is 20.0. The summed E-state index contributed by atoms with van der Waals surface area (Å²) in [6.45, 7) is 4.36. The number of hydrogen-bond acceptors (Lipinski definition) is 6. The number of allylic oxidation sites excluding steroid dienone is 2. The lowest BCUT2D eigenvalue weighted by Crippen LogP contribution is -2.34. The Balaban J connectivity index is 2.45. The third-order valence-electron chi connectivity index (χ3n) is 3.57. The van der Waals surface area contributed by atoms with Crippen molar-refractivity contribution in [3.05, 3.63) is 11.7 Å². The van der Waals surface area contributed by atoms with Crippen LogP contribution in [0.5, 0.6) is 0 Å². The Bertz CT molecular complexity index is 719. The molecule has 0 aliphatic heterocycles. The van der Waals surface area contributed by atoms with Crippen LogP contribution in [-0.4, -0.2) is 45.2 Å². The van der Waals surface area contributed by atoms with E-state index in [2.05, 4.69) is 25.6 Å². The summed E-state index contributed by atoms with van der Waals surface area (Å²) in [4.78, 5) is 23.1. The zero-order valence-corrected chi connectivity index (χ0v) is 14.3. The number of ketones is 1. The summed E-state index contributed by atoms with van der Waals surface area (Å²) in [5.74, 6) is -3.46.